The second kappa shape index (κ2) is 9.12. The Labute approximate surface area is 136 Å². The first-order chi connectivity index (χ1) is 11.3. The summed E-state index contributed by atoms with van der Waals surface area (Å²) >= 11 is 0. The van der Waals surface area contributed by atoms with Gasteiger partial charge in [0.15, 0.2) is 6.79 Å². The molecule has 0 aliphatic rings. The third-order valence-corrected chi connectivity index (χ3v) is 3.43. The molecular formula is C18H23NO4. The Kier molecular flexibility index (Phi) is 6.84. The Balaban J connectivity index is 1.99. The van der Waals surface area contributed by atoms with Gasteiger partial charge in [-0.2, -0.15) is 0 Å². The Morgan fingerprint density at radius 3 is 2.48 bits per heavy atom. The molecule has 0 aliphatic heterocycles. The van der Waals surface area contributed by atoms with Crippen LogP contribution in [0.25, 0.3) is 0 Å². The molecule has 0 amide bonds. The second-order valence-corrected chi connectivity index (χ2v) is 5.09. The first-order valence-electron chi connectivity index (χ1n) is 7.69. The van der Waals surface area contributed by atoms with Crippen LogP contribution >= 0.6 is 0 Å². The molecule has 5 nitrogen and oxygen atoms in total. The van der Waals surface area contributed by atoms with Crippen LogP contribution in [0.2, 0.25) is 0 Å². The van der Waals surface area contributed by atoms with Crippen molar-refractivity contribution in [1.82, 2.24) is 4.98 Å². The van der Waals surface area contributed by atoms with E-state index in [1.54, 1.807) is 7.11 Å². The fourth-order valence-corrected chi connectivity index (χ4v) is 2.22. The van der Waals surface area contributed by atoms with Gasteiger partial charge in [-0.3, -0.25) is 0 Å². The zero-order valence-corrected chi connectivity index (χ0v) is 13.6. The molecule has 0 spiro atoms. The van der Waals surface area contributed by atoms with Crippen LogP contribution in [0.5, 0.6) is 11.6 Å². The average molecular weight is 317 g/mol. The molecule has 5 heteroatoms. The van der Waals surface area contributed by atoms with Gasteiger partial charge in [0.05, 0.1) is 13.2 Å². The summed E-state index contributed by atoms with van der Waals surface area (Å²) in [6, 6.07) is 9.76. The van der Waals surface area contributed by atoms with E-state index in [9.17, 15) is 5.11 Å². The van der Waals surface area contributed by atoms with Gasteiger partial charge in [-0.1, -0.05) is 18.2 Å². The SMILES string of the molecule is CCOc1ccc(CCc2ccc(CO)c(OCOC)c2)cn1. The molecule has 0 atom stereocenters. The van der Waals surface area contributed by atoms with Gasteiger partial charge in [0.1, 0.15) is 5.75 Å². The van der Waals surface area contributed by atoms with Gasteiger partial charge in [0.25, 0.3) is 0 Å². The first kappa shape index (κ1) is 17.2. The highest BCUT2D eigenvalue weighted by Crippen LogP contribution is 2.22. The summed E-state index contributed by atoms with van der Waals surface area (Å²) in [5.41, 5.74) is 3.05. The molecule has 124 valence electrons. The van der Waals surface area contributed by atoms with Crippen LogP contribution in [0.1, 0.15) is 23.6 Å². The van der Waals surface area contributed by atoms with Crippen molar-refractivity contribution in [2.75, 3.05) is 20.5 Å². The van der Waals surface area contributed by atoms with Gasteiger partial charge < -0.3 is 19.3 Å². The Bertz CT molecular complexity index is 598. The molecule has 0 radical (unpaired) electrons. The number of aliphatic hydroxyl groups is 1. The number of ether oxygens (including phenoxy) is 3. The number of nitrogens with zero attached hydrogens (tertiary/aromatic N) is 1. The van der Waals surface area contributed by atoms with E-state index in [2.05, 4.69) is 4.98 Å². The zero-order valence-electron chi connectivity index (χ0n) is 13.6. The summed E-state index contributed by atoms with van der Waals surface area (Å²) in [4.78, 5) is 4.27. The first-order valence-corrected chi connectivity index (χ1v) is 7.69. The van der Waals surface area contributed by atoms with Gasteiger partial charge in [-0.15, -0.1) is 0 Å². The van der Waals surface area contributed by atoms with Crippen LogP contribution in [-0.2, 0) is 24.2 Å². The van der Waals surface area contributed by atoms with Crippen LogP contribution in [0.3, 0.4) is 0 Å². The summed E-state index contributed by atoms with van der Waals surface area (Å²) in [6.45, 7) is 2.67. The second-order valence-electron chi connectivity index (χ2n) is 5.09. The van der Waals surface area contributed by atoms with Crippen molar-refractivity contribution >= 4 is 0 Å². The Morgan fingerprint density at radius 1 is 1.04 bits per heavy atom. The van der Waals surface area contributed by atoms with Crippen molar-refractivity contribution in [2.24, 2.45) is 0 Å². The minimum absolute atomic E-state index is 0.0534. The molecule has 1 aromatic carbocycles. The summed E-state index contributed by atoms with van der Waals surface area (Å²) in [7, 11) is 1.57. The van der Waals surface area contributed by atoms with E-state index < -0.39 is 0 Å². The lowest BCUT2D eigenvalue weighted by molar-refractivity contribution is 0.0494. The third kappa shape index (κ3) is 5.23. The van der Waals surface area contributed by atoms with E-state index in [1.807, 2.05) is 43.5 Å². The minimum Gasteiger partial charge on any atom is -0.478 e. The Hall–Kier alpha value is -2.11. The molecule has 23 heavy (non-hydrogen) atoms. The van der Waals surface area contributed by atoms with Crippen LogP contribution in [-0.4, -0.2) is 30.6 Å². The Morgan fingerprint density at radius 2 is 1.83 bits per heavy atom. The maximum absolute atomic E-state index is 9.35. The quantitative estimate of drug-likeness (QED) is 0.721. The van der Waals surface area contributed by atoms with E-state index in [0.717, 1.165) is 29.5 Å². The van der Waals surface area contributed by atoms with Crippen molar-refractivity contribution in [3.63, 3.8) is 0 Å². The molecule has 0 saturated carbocycles. The third-order valence-electron chi connectivity index (χ3n) is 3.43. The predicted molar refractivity (Wildman–Crippen MR) is 87.7 cm³/mol. The maximum atomic E-state index is 9.35. The summed E-state index contributed by atoms with van der Waals surface area (Å²) in [5.74, 6) is 1.32. The average Bonchev–Trinajstić information content (AvgIpc) is 2.59. The van der Waals surface area contributed by atoms with Crippen molar-refractivity contribution in [2.45, 2.75) is 26.4 Å². The molecule has 0 aliphatic carbocycles. The number of hydrogen-bond acceptors (Lipinski definition) is 5. The largest absolute Gasteiger partial charge is 0.478 e. The van der Waals surface area contributed by atoms with E-state index in [1.165, 1.54) is 0 Å². The van der Waals surface area contributed by atoms with E-state index in [0.29, 0.717) is 18.2 Å². The smallest absolute Gasteiger partial charge is 0.213 e. The van der Waals surface area contributed by atoms with E-state index in [4.69, 9.17) is 14.2 Å². The molecule has 0 unspecified atom stereocenters. The van der Waals surface area contributed by atoms with Gasteiger partial charge in [-0.25, -0.2) is 4.98 Å². The van der Waals surface area contributed by atoms with Gasteiger partial charge >= 0.3 is 0 Å². The monoisotopic (exact) mass is 317 g/mol. The maximum Gasteiger partial charge on any atom is 0.213 e. The van der Waals surface area contributed by atoms with Crippen LogP contribution in [0, 0.1) is 0 Å². The molecule has 2 aromatic rings. The molecular weight excluding hydrogens is 294 g/mol. The van der Waals surface area contributed by atoms with Crippen molar-refractivity contribution in [3.8, 4) is 11.6 Å². The predicted octanol–water partition coefficient (Wildman–Crippen LogP) is 2.74. The molecule has 0 fully saturated rings. The topological polar surface area (TPSA) is 60.8 Å². The van der Waals surface area contributed by atoms with Crippen LogP contribution in [0.15, 0.2) is 36.5 Å². The highest BCUT2D eigenvalue weighted by atomic mass is 16.7. The fraction of sp³-hybridized carbons (Fsp3) is 0.389. The number of pyridine rings is 1. The highest BCUT2D eigenvalue weighted by Gasteiger charge is 2.05. The lowest BCUT2D eigenvalue weighted by Gasteiger charge is -2.11. The number of hydrogen-bond donors (Lipinski definition) is 1. The van der Waals surface area contributed by atoms with Gasteiger partial charge in [0, 0.05) is 24.9 Å². The van der Waals surface area contributed by atoms with Crippen LogP contribution in [0.4, 0.5) is 0 Å². The van der Waals surface area contributed by atoms with Gasteiger partial charge in [-0.05, 0) is 37.0 Å². The number of aliphatic hydroxyl groups excluding tert-OH is 1. The van der Waals surface area contributed by atoms with Crippen molar-refractivity contribution in [1.29, 1.82) is 0 Å². The van der Waals surface area contributed by atoms with E-state index >= 15 is 0 Å². The number of methoxy groups -OCH3 is 1. The van der Waals surface area contributed by atoms with Crippen LogP contribution < -0.4 is 9.47 Å². The molecule has 0 bridgehead atoms. The lowest BCUT2D eigenvalue weighted by atomic mass is 10.0. The molecule has 1 heterocycles. The number of benzene rings is 1. The fourth-order valence-electron chi connectivity index (χ4n) is 2.22. The number of aryl methyl sites for hydroxylation is 2. The zero-order chi connectivity index (χ0) is 16.5. The normalized spacial score (nSPS) is 10.6. The minimum atomic E-state index is -0.0534. The molecule has 2 rings (SSSR count). The highest BCUT2D eigenvalue weighted by molar-refractivity contribution is 5.37. The summed E-state index contributed by atoms with van der Waals surface area (Å²) < 4.78 is 15.8. The van der Waals surface area contributed by atoms with E-state index in [-0.39, 0.29) is 13.4 Å². The standard InChI is InChI=1S/C18H23NO4/c1-3-22-18-9-7-15(11-19-18)5-4-14-6-8-16(12-20)17(10-14)23-13-21-2/h6-11,20H,3-5,12-13H2,1-2H3. The molecule has 0 saturated heterocycles. The molecule has 1 aromatic heterocycles. The molecule has 1 N–H and O–H groups in total. The number of aromatic nitrogens is 1. The summed E-state index contributed by atoms with van der Waals surface area (Å²) in [5, 5.41) is 9.35. The number of rotatable bonds is 9. The van der Waals surface area contributed by atoms with Crippen molar-refractivity contribution in [3.05, 3.63) is 53.2 Å². The summed E-state index contributed by atoms with van der Waals surface area (Å²) in [6.07, 6.45) is 3.59. The van der Waals surface area contributed by atoms with Gasteiger partial charge in [0.2, 0.25) is 5.88 Å². The van der Waals surface area contributed by atoms with Crippen molar-refractivity contribution < 1.29 is 19.3 Å². The lowest BCUT2D eigenvalue weighted by Crippen LogP contribution is -2.03.